The summed E-state index contributed by atoms with van der Waals surface area (Å²) >= 11 is 2.04. The van der Waals surface area contributed by atoms with Gasteiger partial charge < -0.3 is 20.6 Å². The minimum Gasteiger partial charge on any atom is -0.846 e. The van der Waals surface area contributed by atoms with Crippen molar-refractivity contribution in [2.75, 3.05) is 25.0 Å². The molecule has 1 aromatic heterocycles. The number of pyridine rings is 1. The van der Waals surface area contributed by atoms with E-state index in [0.717, 1.165) is 29.4 Å². The van der Waals surface area contributed by atoms with Gasteiger partial charge in [-0.2, -0.15) is 0 Å². The van der Waals surface area contributed by atoms with Crippen molar-refractivity contribution in [1.29, 1.82) is 0 Å². The molecule has 2 fully saturated rings. The Kier molecular flexibility index (Phi) is 5.52. The molecule has 28 heavy (non-hydrogen) atoms. The Morgan fingerprint density at radius 1 is 1.32 bits per heavy atom. The van der Waals surface area contributed by atoms with Crippen molar-refractivity contribution in [1.82, 2.24) is 15.2 Å². The number of rotatable bonds is 4. The molecule has 1 amide bonds. The van der Waals surface area contributed by atoms with Gasteiger partial charge in [0.05, 0.1) is 23.1 Å². The molecule has 2 saturated heterocycles. The highest BCUT2D eigenvalue weighted by molar-refractivity contribution is 14.1. The predicted octanol–water partition coefficient (Wildman–Crippen LogP) is 2.27. The van der Waals surface area contributed by atoms with Crippen LogP contribution in [0.2, 0.25) is 0 Å². The van der Waals surface area contributed by atoms with Crippen LogP contribution in [-0.2, 0) is 0 Å². The molecule has 0 saturated carbocycles. The number of hydrogen-bond acceptors (Lipinski definition) is 5. The van der Waals surface area contributed by atoms with Crippen molar-refractivity contribution in [2.24, 2.45) is 0 Å². The Hall–Kier alpha value is -1.78. The Morgan fingerprint density at radius 3 is 2.86 bits per heavy atom. The first-order chi connectivity index (χ1) is 13.5. The highest BCUT2D eigenvalue weighted by Gasteiger charge is 2.42. The number of carbonyl (C=O) groups is 1. The summed E-state index contributed by atoms with van der Waals surface area (Å²) in [6.45, 7) is 1.23. The molecule has 4 rings (SSSR count). The van der Waals surface area contributed by atoms with Gasteiger partial charge in [0.2, 0.25) is 0 Å². The zero-order chi connectivity index (χ0) is 19.7. The van der Waals surface area contributed by atoms with E-state index in [1.807, 2.05) is 22.6 Å². The van der Waals surface area contributed by atoms with E-state index < -0.39 is 11.4 Å². The lowest BCUT2D eigenvalue weighted by Crippen LogP contribution is -2.78. The van der Waals surface area contributed by atoms with Crippen LogP contribution in [0.1, 0.15) is 29.6 Å². The maximum atomic E-state index is 14.2. The van der Waals surface area contributed by atoms with Crippen molar-refractivity contribution in [3.8, 4) is 0 Å². The fraction of sp³-hybridized carbons (Fsp3) is 0.400. The number of piperidine rings is 1. The second kappa shape index (κ2) is 7.92. The van der Waals surface area contributed by atoms with Gasteiger partial charge in [-0.3, -0.25) is 9.78 Å². The first kappa shape index (κ1) is 19.5. The maximum Gasteiger partial charge on any atom is 0.256 e. The average Bonchev–Trinajstić information content (AvgIpc) is 2.68. The topological polar surface area (TPSA) is 80.3 Å². The molecule has 0 radical (unpaired) electrons. The first-order valence-corrected chi connectivity index (χ1v) is 10.4. The molecule has 1 atom stereocenters. The van der Waals surface area contributed by atoms with Crippen LogP contribution in [0.5, 0.6) is 0 Å². The number of benzene rings is 1. The number of halogens is 2. The van der Waals surface area contributed by atoms with Gasteiger partial charge in [0.25, 0.3) is 5.91 Å². The van der Waals surface area contributed by atoms with Crippen LogP contribution in [0.3, 0.4) is 0 Å². The Bertz CT molecular complexity index is 882. The summed E-state index contributed by atoms with van der Waals surface area (Å²) in [7, 11) is 0. The molecule has 0 aliphatic carbocycles. The number of nitrogens with one attached hydrogen (secondary N) is 2. The first-order valence-electron chi connectivity index (χ1n) is 9.35. The van der Waals surface area contributed by atoms with Gasteiger partial charge in [-0.25, -0.2) is 4.39 Å². The Morgan fingerprint density at radius 2 is 2.14 bits per heavy atom. The SMILES string of the molecule is O=C(c1ccncc1Nc1ccc(I)cc1F)N1CC([O-])([C@@H]2CCCCN2)C1. The Balaban J connectivity index is 1.48. The Labute approximate surface area is 176 Å². The number of hydrogen-bond donors (Lipinski definition) is 2. The third-order valence-corrected chi connectivity index (χ3v) is 6.07. The number of anilines is 2. The van der Waals surface area contributed by atoms with E-state index in [0.29, 0.717) is 11.3 Å². The molecule has 148 valence electrons. The smallest absolute Gasteiger partial charge is 0.256 e. The molecule has 0 bridgehead atoms. The van der Waals surface area contributed by atoms with Gasteiger partial charge in [-0.05, 0) is 66.2 Å². The number of likely N-dealkylation sites (tertiary alicyclic amines) is 1. The molecule has 2 N–H and O–H groups in total. The normalized spacial score (nSPS) is 21.1. The van der Waals surface area contributed by atoms with Crippen LogP contribution in [0.25, 0.3) is 0 Å². The summed E-state index contributed by atoms with van der Waals surface area (Å²) in [5.41, 5.74) is -0.0482. The molecule has 2 aliphatic rings. The molecule has 1 aromatic carbocycles. The minimum absolute atomic E-state index is 0.0822. The van der Waals surface area contributed by atoms with Crippen molar-refractivity contribution < 1.29 is 14.3 Å². The molecular formula is C20H21FIN4O2-. The zero-order valence-corrected chi connectivity index (χ0v) is 17.4. The molecular weight excluding hydrogens is 474 g/mol. The van der Waals surface area contributed by atoms with Crippen LogP contribution in [0.4, 0.5) is 15.8 Å². The zero-order valence-electron chi connectivity index (χ0n) is 15.3. The number of nitrogens with zero attached hydrogens (tertiary/aromatic N) is 2. The van der Waals surface area contributed by atoms with Gasteiger partial charge in [0.1, 0.15) is 5.82 Å². The standard InChI is InChI=1S/C20H21FIN4O2/c21-15-9-13(22)4-5-16(15)25-17-10-23-8-6-14(17)19(27)26-11-20(28,12-26)18-3-1-2-7-24-18/h4-6,8-10,18,24-25H,1-3,7,11-12H2/q-1/t18-/m0/s1. The molecule has 2 aromatic rings. The molecule has 6 nitrogen and oxygen atoms in total. The summed E-state index contributed by atoms with van der Waals surface area (Å²) in [4.78, 5) is 18.6. The largest absolute Gasteiger partial charge is 0.846 e. The fourth-order valence-electron chi connectivity index (χ4n) is 3.85. The monoisotopic (exact) mass is 495 g/mol. The van der Waals surface area contributed by atoms with Crippen LogP contribution in [-0.4, -0.2) is 47.1 Å². The molecule has 0 spiro atoms. The summed E-state index contributed by atoms with van der Waals surface area (Å²) in [6.07, 6.45) is 6.03. The van der Waals surface area contributed by atoms with Gasteiger partial charge in [-0.15, -0.1) is 0 Å². The predicted molar refractivity (Wildman–Crippen MR) is 111 cm³/mol. The summed E-state index contributed by atoms with van der Waals surface area (Å²) in [5, 5.41) is 19.2. The number of aromatic nitrogens is 1. The molecule has 3 heterocycles. The molecule has 2 aliphatic heterocycles. The van der Waals surface area contributed by atoms with Crippen molar-refractivity contribution in [3.63, 3.8) is 0 Å². The highest BCUT2D eigenvalue weighted by Crippen LogP contribution is 2.30. The van der Waals surface area contributed by atoms with Gasteiger partial charge in [0.15, 0.2) is 0 Å². The maximum absolute atomic E-state index is 14.2. The summed E-state index contributed by atoms with van der Waals surface area (Å²) in [6, 6.07) is 6.33. The van der Waals surface area contributed by atoms with Gasteiger partial charge in [0, 0.05) is 28.9 Å². The van der Waals surface area contributed by atoms with Gasteiger partial charge >= 0.3 is 0 Å². The van der Waals surface area contributed by atoms with Crippen LogP contribution in [0, 0.1) is 9.39 Å². The van der Waals surface area contributed by atoms with E-state index in [1.165, 1.54) is 18.5 Å². The number of carbonyl (C=O) groups excluding carboxylic acids is 1. The van der Waals surface area contributed by atoms with E-state index in [4.69, 9.17) is 0 Å². The van der Waals surface area contributed by atoms with E-state index in [9.17, 15) is 14.3 Å². The van der Waals surface area contributed by atoms with Crippen molar-refractivity contribution >= 4 is 39.9 Å². The lowest BCUT2D eigenvalue weighted by molar-refractivity contribution is -0.508. The van der Waals surface area contributed by atoms with Crippen molar-refractivity contribution in [3.05, 3.63) is 51.6 Å². The lowest BCUT2D eigenvalue weighted by Gasteiger charge is -2.60. The van der Waals surface area contributed by atoms with E-state index in [1.54, 1.807) is 23.1 Å². The fourth-order valence-corrected chi connectivity index (χ4v) is 4.30. The van der Waals surface area contributed by atoms with E-state index in [2.05, 4.69) is 15.6 Å². The van der Waals surface area contributed by atoms with E-state index in [-0.39, 0.29) is 30.7 Å². The van der Waals surface area contributed by atoms with Crippen molar-refractivity contribution in [2.45, 2.75) is 30.9 Å². The second-order valence-electron chi connectivity index (χ2n) is 7.40. The highest BCUT2D eigenvalue weighted by atomic mass is 127. The molecule has 8 heteroatoms. The molecule has 0 unspecified atom stereocenters. The average molecular weight is 495 g/mol. The third kappa shape index (κ3) is 3.85. The van der Waals surface area contributed by atoms with Crippen LogP contribution < -0.4 is 15.7 Å². The third-order valence-electron chi connectivity index (χ3n) is 5.40. The summed E-state index contributed by atoms with van der Waals surface area (Å²) < 4.78 is 15.0. The summed E-state index contributed by atoms with van der Waals surface area (Å²) in [5.74, 6) is -0.641. The van der Waals surface area contributed by atoms with Crippen LogP contribution >= 0.6 is 22.6 Å². The lowest BCUT2D eigenvalue weighted by atomic mass is 9.81. The minimum atomic E-state index is -1.13. The van der Waals surface area contributed by atoms with E-state index >= 15 is 0 Å². The van der Waals surface area contributed by atoms with Crippen LogP contribution in [0.15, 0.2) is 36.7 Å². The number of amides is 1. The second-order valence-corrected chi connectivity index (χ2v) is 8.64. The quantitative estimate of drug-likeness (QED) is 0.637. The van der Waals surface area contributed by atoms with Gasteiger partial charge in [-0.1, -0.05) is 12.0 Å².